The molecule has 0 spiro atoms. The number of morpholine rings is 1. The van der Waals surface area contributed by atoms with Crippen LogP contribution in [-0.4, -0.2) is 74.1 Å². The molecule has 2 amide bonds. The van der Waals surface area contributed by atoms with Crippen LogP contribution in [0.3, 0.4) is 0 Å². The van der Waals surface area contributed by atoms with Crippen molar-refractivity contribution in [3.8, 4) is 11.4 Å². The summed E-state index contributed by atoms with van der Waals surface area (Å²) in [5.41, 5.74) is -2.25. The van der Waals surface area contributed by atoms with Crippen molar-refractivity contribution in [3.63, 3.8) is 0 Å². The van der Waals surface area contributed by atoms with Crippen LogP contribution in [0.4, 0.5) is 30.3 Å². The van der Waals surface area contributed by atoms with Gasteiger partial charge in [0.1, 0.15) is 11.3 Å². The average molecular weight is 488 g/mol. The number of carbonyl (C=O) groups is 2. The Labute approximate surface area is 191 Å². The second-order valence-corrected chi connectivity index (χ2v) is 8.03. The first-order chi connectivity index (χ1) is 15.5. The van der Waals surface area contributed by atoms with Crippen molar-refractivity contribution in [2.45, 2.75) is 32.8 Å². The van der Waals surface area contributed by atoms with E-state index in [9.17, 15) is 23.5 Å². The van der Waals surface area contributed by atoms with E-state index in [4.69, 9.17) is 21.1 Å². The number of alkyl halides is 2. The molecular formula is C18H20ClF2N7O5. The first-order valence-electron chi connectivity index (χ1n) is 9.62. The van der Waals surface area contributed by atoms with Crippen molar-refractivity contribution in [2.75, 3.05) is 36.1 Å². The van der Waals surface area contributed by atoms with Crippen LogP contribution < -0.4 is 9.80 Å². The minimum atomic E-state index is -3.18. The number of ether oxygens (including phenoxy) is 2. The van der Waals surface area contributed by atoms with E-state index in [2.05, 4.69) is 24.9 Å². The molecule has 2 aromatic rings. The molecule has 0 atom stereocenters. The summed E-state index contributed by atoms with van der Waals surface area (Å²) in [7, 11) is 0. The minimum Gasteiger partial charge on any atom is -0.464 e. The summed E-state index contributed by atoms with van der Waals surface area (Å²) >= 11 is 5.98. The second kappa shape index (κ2) is 9.70. The highest BCUT2D eigenvalue weighted by molar-refractivity contribution is 6.28. The Morgan fingerprint density at radius 1 is 1.21 bits per heavy atom. The first kappa shape index (κ1) is 24.4. The van der Waals surface area contributed by atoms with Gasteiger partial charge < -0.3 is 19.5 Å². The number of halogens is 3. The van der Waals surface area contributed by atoms with Crippen LogP contribution in [0.2, 0.25) is 5.28 Å². The molecule has 2 aromatic heterocycles. The van der Waals surface area contributed by atoms with Crippen molar-refractivity contribution in [3.05, 3.63) is 17.2 Å². The molecule has 0 aromatic carbocycles. The van der Waals surface area contributed by atoms with Crippen molar-refractivity contribution in [1.82, 2.24) is 24.9 Å². The minimum absolute atomic E-state index is 0.0282. The van der Waals surface area contributed by atoms with Crippen LogP contribution >= 0.6 is 11.6 Å². The van der Waals surface area contributed by atoms with Gasteiger partial charge in [-0.3, -0.25) is 0 Å². The zero-order chi connectivity index (χ0) is 24.3. The maximum Gasteiger partial charge on any atom is 0.427 e. The number of rotatable bonds is 4. The molecule has 1 aliphatic rings. The number of nitrogens with zero attached hydrogens (tertiary/aromatic N) is 7. The Balaban J connectivity index is 2.04. The van der Waals surface area contributed by atoms with Crippen molar-refractivity contribution >= 4 is 35.7 Å². The highest BCUT2D eigenvalue weighted by atomic mass is 35.5. The second-order valence-electron chi connectivity index (χ2n) is 7.70. The van der Waals surface area contributed by atoms with E-state index in [0.29, 0.717) is 26.3 Å². The van der Waals surface area contributed by atoms with Gasteiger partial charge in [0.05, 0.1) is 18.8 Å². The fourth-order valence-corrected chi connectivity index (χ4v) is 2.90. The molecule has 33 heavy (non-hydrogen) atoms. The Bertz CT molecular complexity index is 1050. The Morgan fingerprint density at radius 2 is 1.88 bits per heavy atom. The van der Waals surface area contributed by atoms with E-state index in [1.807, 2.05) is 0 Å². The number of hydrogen-bond donors (Lipinski definition) is 1. The molecule has 0 unspecified atom stereocenters. The van der Waals surface area contributed by atoms with Crippen LogP contribution in [0, 0.1) is 0 Å². The summed E-state index contributed by atoms with van der Waals surface area (Å²) < 4.78 is 38.0. The van der Waals surface area contributed by atoms with Gasteiger partial charge in [-0.15, -0.1) is 4.90 Å². The van der Waals surface area contributed by atoms with Gasteiger partial charge in [0.2, 0.25) is 17.2 Å². The van der Waals surface area contributed by atoms with E-state index in [1.165, 1.54) is 20.8 Å². The van der Waals surface area contributed by atoms with E-state index in [0.717, 1.165) is 6.20 Å². The molecule has 3 rings (SSSR count). The van der Waals surface area contributed by atoms with Crippen LogP contribution in [0.25, 0.3) is 11.4 Å². The van der Waals surface area contributed by atoms with Gasteiger partial charge in [-0.1, -0.05) is 0 Å². The number of imide groups is 1. The normalized spacial score (nSPS) is 14.3. The maximum atomic E-state index is 13.9. The number of hydrogen-bond acceptors (Lipinski definition) is 10. The van der Waals surface area contributed by atoms with Gasteiger partial charge in [0.25, 0.3) is 6.43 Å². The Kier molecular flexibility index (Phi) is 7.17. The van der Waals surface area contributed by atoms with E-state index in [1.54, 1.807) is 4.90 Å². The molecule has 1 fully saturated rings. The summed E-state index contributed by atoms with van der Waals surface area (Å²) in [5.74, 6) is -0.902. The summed E-state index contributed by atoms with van der Waals surface area (Å²) in [6, 6.07) is 0. The smallest absolute Gasteiger partial charge is 0.427 e. The number of carboxylic acid groups (broad SMARTS) is 1. The van der Waals surface area contributed by atoms with Crippen LogP contribution in [0.15, 0.2) is 6.20 Å². The molecular weight excluding hydrogens is 468 g/mol. The lowest BCUT2D eigenvalue weighted by Gasteiger charge is -2.26. The predicted molar refractivity (Wildman–Crippen MR) is 111 cm³/mol. The van der Waals surface area contributed by atoms with Gasteiger partial charge in [0.15, 0.2) is 5.82 Å². The molecule has 0 aliphatic carbocycles. The quantitative estimate of drug-likeness (QED) is 0.678. The lowest BCUT2D eigenvalue weighted by Crippen LogP contribution is -2.41. The fourth-order valence-electron chi connectivity index (χ4n) is 2.75. The van der Waals surface area contributed by atoms with E-state index < -0.39 is 35.9 Å². The van der Waals surface area contributed by atoms with Crippen molar-refractivity contribution in [1.29, 1.82) is 0 Å². The highest BCUT2D eigenvalue weighted by Crippen LogP contribution is 2.30. The molecule has 0 radical (unpaired) electrons. The number of amides is 2. The third-order valence-electron chi connectivity index (χ3n) is 4.11. The highest BCUT2D eigenvalue weighted by Gasteiger charge is 2.33. The zero-order valence-corrected chi connectivity index (χ0v) is 18.6. The van der Waals surface area contributed by atoms with Crippen LogP contribution in [-0.2, 0) is 9.47 Å². The van der Waals surface area contributed by atoms with Gasteiger partial charge in [-0.05, 0) is 32.4 Å². The molecule has 1 saturated heterocycles. The summed E-state index contributed by atoms with van der Waals surface area (Å²) in [6.07, 6.45) is -5.45. The summed E-state index contributed by atoms with van der Waals surface area (Å²) in [5, 5.41) is 9.17. The fraction of sp³-hybridized carbons (Fsp3) is 0.500. The molecule has 3 heterocycles. The van der Waals surface area contributed by atoms with Crippen LogP contribution in [0.5, 0.6) is 0 Å². The largest absolute Gasteiger partial charge is 0.464 e. The van der Waals surface area contributed by atoms with Gasteiger partial charge >= 0.3 is 12.2 Å². The molecule has 1 aliphatic heterocycles. The van der Waals surface area contributed by atoms with Gasteiger partial charge in [-0.25, -0.2) is 28.3 Å². The standard InChI is InChI=1S/C18H20ClF2N7O5/c1-18(2,3)33-17(31)28(16(29)30)14-22-8-9(10(23-14)11(20)21)12-24-13(19)26-15(25-12)27-4-6-32-7-5-27/h8,11H,4-7H2,1-3H3,(H,29,30). The average Bonchev–Trinajstić information content (AvgIpc) is 2.72. The molecule has 1 N–H and O–H groups in total. The first-order valence-corrected chi connectivity index (χ1v) is 10.00. The van der Waals surface area contributed by atoms with Gasteiger partial charge in [-0.2, -0.15) is 15.0 Å². The molecule has 12 nitrogen and oxygen atoms in total. The molecule has 15 heteroatoms. The molecule has 178 valence electrons. The Morgan fingerprint density at radius 3 is 2.45 bits per heavy atom. The Hall–Kier alpha value is -3.26. The lowest BCUT2D eigenvalue weighted by molar-refractivity contribution is 0.0578. The third-order valence-corrected chi connectivity index (χ3v) is 4.28. The van der Waals surface area contributed by atoms with Crippen molar-refractivity contribution in [2.24, 2.45) is 0 Å². The zero-order valence-electron chi connectivity index (χ0n) is 17.8. The van der Waals surface area contributed by atoms with Crippen LogP contribution in [0.1, 0.15) is 32.9 Å². The topological polar surface area (TPSA) is 144 Å². The summed E-state index contributed by atoms with van der Waals surface area (Å²) in [6.45, 7) is 6.30. The third kappa shape index (κ3) is 5.96. The number of carbonyl (C=O) groups excluding carboxylic acids is 1. The van der Waals surface area contributed by atoms with E-state index >= 15 is 0 Å². The molecule has 0 saturated carbocycles. The van der Waals surface area contributed by atoms with E-state index in [-0.39, 0.29) is 27.5 Å². The maximum absolute atomic E-state index is 13.9. The predicted octanol–water partition coefficient (Wildman–Crippen LogP) is 3.18. The SMILES string of the molecule is CC(C)(C)OC(=O)N(C(=O)O)c1ncc(-c2nc(Cl)nc(N3CCOCC3)n2)c(C(F)F)n1. The molecule has 0 bridgehead atoms. The van der Waals surface area contributed by atoms with Crippen molar-refractivity contribution < 1.29 is 33.0 Å². The monoisotopic (exact) mass is 487 g/mol. The number of anilines is 2. The summed E-state index contributed by atoms with van der Waals surface area (Å²) in [4.78, 5) is 45.1. The number of aromatic nitrogens is 5. The lowest BCUT2D eigenvalue weighted by atomic mass is 10.2. The van der Waals surface area contributed by atoms with Gasteiger partial charge in [0, 0.05) is 19.3 Å².